The molecule has 7 nitrogen and oxygen atoms in total. The van der Waals surface area contributed by atoms with Crippen LogP contribution in [0.4, 0.5) is 16.5 Å². The Morgan fingerprint density at radius 1 is 0.963 bits per heavy atom. The number of carbonyl (C=O) groups excluding carboxylic acids is 3. The van der Waals surface area contributed by atoms with Crippen LogP contribution in [0.1, 0.15) is 55.0 Å². The number of aromatic nitrogens is 1. The van der Waals surface area contributed by atoms with Gasteiger partial charge in [-0.15, -0.1) is 11.3 Å². The Hall–Kier alpha value is -2.74. The van der Waals surface area contributed by atoms with Crippen LogP contribution in [0.3, 0.4) is 0 Å². The maximum Gasteiger partial charge on any atom is 0.257 e. The highest BCUT2D eigenvalue weighted by Crippen LogP contribution is 2.26. The number of amides is 3. The second kappa shape index (κ2) is 9.27. The van der Waals surface area contributed by atoms with Crippen LogP contribution in [0.15, 0.2) is 18.2 Å². The Bertz CT molecular complexity index is 826. The molecule has 0 aliphatic heterocycles. The molecule has 0 aliphatic rings. The fraction of sp³-hybridized carbons (Fsp3) is 0.368. The zero-order valence-electron chi connectivity index (χ0n) is 15.9. The molecule has 0 fully saturated rings. The molecule has 3 amide bonds. The summed E-state index contributed by atoms with van der Waals surface area (Å²) < 4.78 is 0. The van der Waals surface area contributed by atoms with Crippen LogP contribution in [0, 0.1) is 0 Å². The van der Waals surface area contributed by atoms with Gasteiger partial charge in [-0.3, -0.25) is 19.7 Å². The van der Waals surface area contributed by atoms with E-state index in [1.807, 2.05) is 0 Å². The van der Waals surface area contributed by atoms with Crippen molar-refractivity contribution in [3.8, 4) is 0 Å². The normalized spacial score (nSPS) is 10.4. The summed E-state index contributed by atoms with van der Waals surface area (Å²) in [5.41, 5.74) is 2.19. The lowest BCUT2D eigenvalue weighted by atomic mass is 10.1. The molecule has 0 saturated carbocycles. The van der Waals surface area contributed by atoms with Gasteiger partial charge < -0.3 is 10.6 Å². The first-order chi connectivity index (χ1) is 12.8. The Labute approximate surface area is 162 Å². The maximum absolute atomic E-state index is 12.7. The van der Waals surface area contributed by atoms with E-state index < -0.39 is 0 Å². The van der Waals surface area contributed by atoms with Crippen molar-refractivity contribution >= 4 is 45.6 Å². The molecule has 0 aliphatic carbocycles. The fourth-order valence-electron chi connectivity index (χ4n) is 2.62. The maximum atomic E-state index is 12.7. The molecule has 0 unspecified atom stereocenters. The van der Waals surface area contributed by atoms with Crippen molar-refractivity contribution in [3.05, 3.63) is 34.3 Å². The van der Waals surface area contributed by atoms with E-state index in [1.165, 1.54) is 25.2 Å². The summed E-state index contributed by atoms with van der Waals surface area (Å²) in [6, 6.07) is 4.71. The number of anilines is 3. The van der Waals surface area contributed by atoms with Gasteiger partial charge in [-0.05, 0) is 31.0 Å². The van der Waals surface area contributed by atoms with Gasteiger partial charge >= 0.3 is 0 Å². The van der Waals surface area contributed by atoms with Crippen molar-refractivity contribution in [1.82, 2.24) is 4.98 Å². The average molecular weight is 388 g/mol. The number of benzene rings is 1. The van der Waals surface area contributed by atoms with Crippen molar-refractivity contribution < 1.29 is 14.4 Å². The zero-order valence-corrected chi connectivity index (χ0v) is 16.8. The summed E-state index contributed by atoms with van der Waals surface area (Å²) in [6.07, 6.45) is 2.73. The third-order valence-electron chi connectivity index (χ3n) is 3.64. The van der Waals surface area contributed by atoms with E-state index in [1.54, 1.807) is 18.2 Å². The minimum Gasteiger partial charge on any atom is -0.326 e. The van der Waals surface area contributed by atoms with Crippen LogP contribution in [0.2, 0.25) is 0 Å². The zero-order chi connectivity index (χ0) is 20.0. The Morgan fingerprint density at radius 3 is 2.04 bits per heavy atom. The quantitative estimate of drug-likeness (QED) is 0.671. The Kier molecular flexibility index (Phi) is 7.06. The molecular weight excluding hydrogens is 364 g/mol. The molecule has 27 heavy (non-hydrogen) atoms. The molecule has 2 rings (SSSR count). The molecule has 0 bridgehead atoms. The van der Waals surface area contributed by atoms with Crippen molar-refractivity contribution in [3.63, 3.8) is 0 Å². The monoisotopic (exact) mass is 388 g/mol. The van der Waals surface area contributed by atoms with Gasteiger partial charge in [0.1, 0.15) is 0 Å². The van der Waals surface area contributed by atoms with E-state index in [9.17, 15) is 14.4 Å². The summed E-state index contributed by atoms with van der Waals surface area (Å²) >= 11 is 1.47. The molecule has 0 radical (unpaired) electrons. The van der Waals surface area contributed by atoms with Crippen LogP contribution in [-0.2, 0) is 22.4 Å². The SMILES string of the molecule is CCCc1nc(NC(=O)c2cc(NC(C)=O)cc(NC(C)=O)c2)sc1CC. The molecule has 144 valence electrons. The van der Waals surface area contributed by atoms with E-state index in [0.717, 1.165) is 29.8 Å². The summed E-state index contributed by atoms with van der Waals surface area (Å²) in [5.74, 6) is -0.885. The first-order valence-corrected chi connectivity index (χ1v) is 9.64. The van der Waals surface area contributed by atoms with Crippen LogP contribution >= 0.6 is 11.3 Å². The minimum absolute atomic E-state index is 0.266. The van der Waals surface area contributed by atoms with E-state index in [2.05, 4.69) is 34.8 Å². The van der Waals surface area contributed by atoms with Gasteiger partial charge in [-0.25, -0.2) is 4.98 Å². The van der Waals surface area contributed by atoms with Gasteiger partial charge in [-0.1, -0.05) is 20.3 Å². The Morgan fingerprint density at radius 2 is 1.56 bits per heavy atom. The van der Waals surface area contributed by atoms with Gasteiger partial charge in [0.05, 0.1) is 5.69 Å². The van der Waals surface area contributed by atoms with Crippen molar-refractivity contribution in [2.75, 3.05) is 16.0 Å². The Balaban J connectivity index is 2.28. The lowest BCUT2D eigenvalue weighted by Gasteiger charge is -2.10. The molecule has 8 heteroatoms. The third-order valence-corrected chi connectivity index (χ3v) is 4.80. The highest BCUT2D eigenvalue weighted by molar-refractivity contribution is 7.15. The first kappa shape index (κ1) is 20.6. The minimum atomic E-state index is -0.353. The summed E-state index contributed by atoms with van der Waals surface area (Å²) in [5, 5.41) is 8.63. The molecular formula is C19H24N4O3S. The van der Waals surface area contributed by atoms with Gasteiger partial charge in [0.15, 0.2) is 5.13 Å². The molecule has 3 N–H and O–H groups in total. The van der Waals surface area contributed by atoms with Crippen LogP contribution in [-0.4, -0.2) is 22.7 Å². The standard InChI is InChI=1S/C19H24N4O3S/c1-5-7-16-17(6-2)27-19(22-16)23-18(26)13-8-14(20-11(3)24)10-15(9-13)21-12(4)25/h8-10H,5-7H2,1-4H3,(H,20,24)(H,21,25)(H,22,23,26). The van der Waals surface area contributed by atoms with E-state index in [0.29, 0.717) is 22.1 Å². The molecule has 1 aromatic heterocycles. The van der Waals surface area contributed by atoms with Crippen LogP contribution < -0.4 is 16.0 Å². The lowest BCUT2D eigenvalue weighted by Crippen LogP contribution is -2.15. The second-order valence-corrected chi connectivity index (χ2v) is 7.19. The number of nitrogens with one attached hydrogen (secondary N) is 3. The number of carbonyl (C=O) groups is 3. The van der Waals surface area contributed by atoms with Crippen molar-refractivity contribution in [1.29, 1.82) is 0 Å². The van der Waals surface area contributed by atoms with Crippen molar-refractivity contribution in [2.24, 2.45) is 0 Å². The molecule has 1 aromatic carbocycles. The second-order valence-electron chi connectivity index (χ2n) is 6.11. The fourth-order valence-corrected chi connectivity index (χ4v) is 3.57. The van der Waals surface area contributed by atoms with Gasteiger partial charge in [0.25, 0.3) is 5.91 Å². The summed E-state index contributed by atoms with van der Waals surface area (Å²) in [6.45, 7) is 6.91. The topological polar surface area (TPSA) is 100 Å². The first-order valence-electron chi connectivity index (χ1n) is 8.82. The van der Waals surface area contributed by atoms with Gasteiger partial charge in [0, 0.05) is 35.7 Å². The molecule has 1 heterocycles. The number of nitrogens with zero attached hydrogens (tertiary/aromatic N) is 1. The predicted molar refractivity (Wildman–Crippen MR) is 108 cm³/mol. The van der Waals surface area contributed by atoms with Gasteiger partial charge in [0.2, 0.25) is 11.8 Å². The number of aryl methyl sites for hydroxylation is 2. The van der Waals surface area contributed by atoms with E-state index in [4.69, 9.17) is 0 Å². The highest BCUT2D eigenvalue weighted by atomic mass is 32.1. The predicted octanol–water partition coefficient (Wildman–Crippen LogP) is 3.83. The largest absolute Gasteiger partial charge is 0.326 e. The molecule has 0 spiro atoms. The van der Waals surface area contributed by atoms with Gasteiger partial charge in [-0.2, -0.15) is 0 Å². The van der Waals surface area contributed by atoms with Crippen molar-refractivity contribution in [2.45, 2.75) is 47.0 Å². The summed E-state index contributed by atoms with van der Waals surface area (Å²) in [4.78, 5) is 41.1. The van der Waals surface area contributed by atoms with E-state index >= 15 is 0 Å². The molecule has 0 saturated heterocycles. The number of thiazole rings is 1. The third kappa shape index (κ3) is 5.89. The highest BCUT2D eigenvalue weighted by Gasteiger charge is 2.15. The number of hydrogen-bond acceptors (Lipinski definition) is 5. The number of hydrogen-bond donors (Lipinski definition) is 3. The van der Waals surface area contributed by atoms with Crippen LogP contribution in [0.25, 0.3) is 0 Å². The van der Waals surface area contributed by atoms with Crippen LogP contribution in [0.5, 0.6) is 0 Å². The molecule has 0 atom stereocenters. The number of rotatable bonds is 7. The van der Waals surface area contributed by atoms with E-state index in [-0.39, 0.29) is 17.7 Å². The molecule has 2 aromatic rings. The smallest absolute Gasteiger partial charge is 0.257 e. The lowest BCUT2D eigenvalue weighted by molar-refractivity contribution is -0.115. The average Bonchev–Trinajstić information content (AvgIpc) is 2.95. The summed E-state index contributed by atoms with van der Waals surface area (Å²) in [7, 11) is 0.